The highest BCUT2D eigenvalue weighted by molar-refractivity contribution is 7.89. The van der Waals surface area contributed by atoms with Gasteiger partial charge in [0.05, 0.1) is 12.0 Å². The molecule has 2 saturated carbocycles. The first-order valence-corrected chi connectivity index (χ1v) is 12.6. The highest BCUT2D eigenvalue weighted by Gasteiger charge is 2.42. The summed E-state index contributed by atoms with van der Waals surface area (Å²) in [7, 11) is -2.02. The van der Waals surface area contributed by atoms with E-state index in [1.54, 1.807) is 25.3 Å². The highest BCUT2D eigenvalue weighted by atomic mass is 32.2. The molecule has 2 aromatic carbocycles. The van der Waals surface area contributed by atoms with Crippen molar-refractivity contribution in [1.29, 1.82) is 0 Å². The molecule has 2 bridgehead atoms. The summed E-state index contributed by atoms with van der Waals surface area (Å²) < 4.78 is 33.8. The number of para-hydroxylation sites is 1. The summed E-state index contributed by atoms with van der Waals surface area (Å²) in [5, 5.41) is 2.75. The van der Waals surface area contributed by atoms with Crippen LogP contribution in [-0.4, -0.2) is 27.5 Å². The van der Waals surface area contributed by atoms with E-state index in [-0.39, 0.29) is 16.8 Å². The minimum Gasteiger partial charge on any atom is -0.496 e. The zero-order valence-corrected chi connectivity index (χ0v) is 19.3. The van der Waals surface area contributed by atoms with E-state index in [9.17, 15) is 13.2 Å². The summed E-state index contributed by atoms with van der Waals surface area (Å²) in [5.41, 5.74) is 1.32. The number of benzene rings is 2. The third-order valence-corrected chi connectivity index (χ3v) is 8.34. The number of carbonyl (C=O) groups is 1. The molecule has 0 heterocycles. The number of methoxy groups -OCH3 is 1. The molecule has 0 radical (unpaired) electrons. The molecule has 2 N–H and O–H groups in total. The van der Waals surface area contributed by atoms with Crippen molar-refractivity contribution in [2.75, 3.05) is 12.4 Å². The molecule has 0 saturated heterocycles. The number of anilines is 1. The number of hydrogen-bond acceptors (Lipinski definition) is 4. The Kier molecular flexibility index (Phi) is 6.67. The average molecular weight is 455 g/mol. The van der Waals surface area contributed by atoms with E-state index < -0.39 is 10.0 Å². The van der Waals surface area contributed by atoms with E-state index in [0.29, 0.717) is 23.3 Å². The molecular formula is C25H30N2O4S. The fourth-order valence-corrected chi connectivity index (χ4v) is 6.47. The second kappa shape index (κ2) is 9.46. The van der Waals surface area contributed by atoms with E-state index in [4.69, 9.17) is 4.74 Å². The Morgan fingerprint density at radius 2 is 1.84 bits per heavy atom. The minimum atomic E-state index is -3.60. The molecule has 2 aromatic rings. The molecule has 0 aliphatic heterocycles. The van der Waals surface area contributed by atoms with Gasteiger partial charge in [-0.25, -0.2) is 13.1 Å². The number of ether oxygens (including phenoxy) is 1. The lowest BCUT2D eigenvalue weighted by molar-refractivity contribution is -0.111. The number of sulfonamides is 1. The van der Waals surface area contributed by atoms with Crippen molar-refractivity contribution in [3.63, 3.8) is 0 Å². The molecule has 6 nitrogen and oxygen atoms in total. The van der Waals surface area contributed by atoms with Gasteiger partial charge < -0.3 is 10.1 Å². The zero-order chi connectivity index (χ0) is 22.7. The fourth-order valence-electron chi connectivity index (χ4n) is 5.18. The van der Waals surface area contributed by atoms with Gasteiger partial charge in [0.2, 0.25) is 15.9 Å². The number of hydrogen-bond donors (Lipinski definition) is 2. The summed E-state index contributed by atoms with van der Waals surface area (Å²) in [5.74, 6) is 2.22. The lowest BCUT2D eigenvalue weighted by Gasteiger charge is -2.28. The molecule has 0 aromatic heterocycles. The normalized spacial score (nSPS) is 23.4. The number of amides is 1. The van der Waals surface area contributed by atoms with E-state index in [0.717, 1.165) is 17.9 Å². The maximum atomic E-state index is 12.8. The topological polar surface area (TPSA) is 84.5 Å². The van der Waals surface area contributed by atoms with Crippen molar-refractivity contribution >= 4 is 27.7 Å². The predicted octanol–water partition coefficient (Wildman–Crippen LogP) is 4.45. The Labute approximate surface area is 190 Å². The molecule has 2 aliphatic rings. The number of fused-ring (bicyclic) bond motifs is 2. The van der Waals surface area contributed by atoms with Crippen molar-refractivity contribution in [2.45, 2.75) is 43.5 Å². The molecule has 2 fully saturated rings. The number of rotatable bonds is 8. The van der Waals surface area contributed by atoms with Crippen LogP contribution in [0.25, 0.3) is 6.08 Å². The van der Waals surface area contributed by atoms with Gasteiger partial charge in [-0.2, -0.15) is 0 Å². The Morgan fingerprint density at radius 1 is 1.09 bits per heavy atom. The molecule has 4 rings (SSSR count). The number of nitrogens with one attached hydrogen (secondary N) is 2. The van der Waals surface area contributed by atoms with Gasteiger partial charge in [-0.05, 0) is 80.3 Å². The van der Waals surface area contributed by atoms with Gasteiger partial charge >= 0.3 is 0 Å². The van der Waals surface area contributed by atoms with Gasteiger partial charge in [0.15, 0.2) is 0 Å². The van der Waals surface area contributed by atoms with Crippen molar-refractivity contribution < 1.29 is 17.9 Å². The van der Waals surface area contributed by atoms with Crippen LogP contribution >= 0.6 is 0 Å². The summed E-state index contributed by atoms with van der Waals surface area (Å²) >= 11 is 0. The predicted molar refractivity (Wildman–Crippen MR) is 126 cm³/mol. The van der Waals surface area contributed by atoms with Crippen molar-refractivity contribution in [2.24, 2.45) is 17.8 Å². The van der Waals surface area contributed by atoms with Crippen LogP contribution in [0.5, 0.6) is 5.75 Å². The maximum Gasteiger partial charge on any atom is 0.248 e. The molecule has 32 heavy (non-hydrogen) atoms. The second-order valence-electron chi connectivity index (χ2n) is 8.84. The minimum absolute atomic E-state index is 0.0743. The van der Waals surface area contributed by atoms with Crippen LogP contribution in [0.4, 0.5) is 5.69 Å². The Bertz CT molecular complexity index is 1100. The lowest BCUT2D eigenvalue weighted by Crippen LogP contribution is -2.40. The van der Waals surface area contributed by atoms with Crippen LogP contribution in [-0.2, 0) is 14.8 Å². The number of carbonyl (C=O) groups excluding carboxylic acids is 1. The van der Waals surface area contributed by atoms with Crippen molar-refractivity contribution in [1.82, 2.24) is 4.72 Å². The molecule has 2 aliphatic carbocycles. The van der Waals surface area contributed by atoms with E-state index in [1.807, 2.05) is 31.2 Å². The van der Waals surface area contributed by atoms with Crippen molar-refractivity contribution in [3.8, 4) is 5.75 Å². The van der Waals surface area contributed by atoms with Crippen LogP contribution in [0, 0.1) is 17.8 Å². The first kappa shape index (κ1) is 22.6. The fraction of sp³-hybridized carbons (Fsp3) is 0.400. The van der Waals surface area contributed by atoms with Gasteiger partial charge in [-0.3, -0.25) is 4.79 Å². The van der Waals surface area contributed by atoms with Gasteiger partial charge in [0, 0.05) is 23.4 Å². The maximum absolute atomic E-state index is 12.8. The van der Waals surface area contributed by atoms with Crippen molar-refractivity contribution in [3.05, 3.63) is 60.2 Å². The first-order chi connectivity index (χ1) is 15.4. The molecule has 1 amide bonds. The summed E-state index contributed by atoms with van der Waals surface area (Å²) in [6.45, 7) is 1.98. The van der Waals surface area contributed by atoms with E-state index >= 15 is 0 Å². The molecule has 4 atom stereocenters. The molecule has 0 spiro atoms. The monoisotopic (exact) mass is 454 g/mol. The first-order valence-electron chi connectivity index (χ1n) is 11.1. The summed E-state index contributed by atoms with van der Waals surface area (Å²) in [6.07, 6.45) is 7.98. The summed E-state index contributed by atoms with van der Waals surface area (Å²) in [6, 6.07) is 13.6. The molecule has 7 heteroatoms. The SMILES string of the molecule is COc1ccccc1/C=C/C(=O)Nc1ccc(S(=O)(=O)NC(C)C2CC3CCC2C3)cc1. The van der Waals surface area contributed by atoms with Crippen LogP contribution in [0.2, 0.25) is 0 Å². The van der Waals surface area contributed by atoms with Crippen LogP contribution in [0.1, 0.15) is 38.2 Å². The molecule has 170 valence electrons. The Hall–Kier alpha value is -2.64. The zero-order valence-electron chi connectivity index (χ0n) is 18.5. The van der Waals surface area contributed by atoms with Gasteiger partial charge in [0.25, 0.3) is 0 Å². The Balaban J connectivity index is 1.36. The van der Waals surface area contributed by atoms with E-state index in [1.165, 1.54) is 37.5 Å². The quantitative estimate of drug-likeness (QED) is 0.577. The Morgan fingerprint density at radius 3 is 2.50 bits per heavy atom. The standard InChI is InChI=1S/C25H30N2O4S/c1-17(23-16-18-7-8-20(23)15-18)27-32(29,30)22-12-10-21(11-13-22)26-25(28)14-9-19-5-3-4-6-24(19)31-2/h3-6,9-14,17-18,20,23,27H,7-8,15-16H2,1-2H3,(H,26,28)/b14-9+. The smallest absolute Gasteiger partial charge is 0.248 e. The van der Waals surface area contributed by atoms with Gasteiger partial charge in [-0.1, -0.05) is 24.6 Å². The second-order valence-corrected chi connectivity index (χ2v) is 10.6. The van der Waals surface area contributed by atoms with Crippen LogP contribution in [0.15, 0.2) is 59.5 Å². The summed E-state index contributed by atoms with van der Waals surface area (Å²) in [4.78, 5) is 12.5. The van der Waals surface area contributed by atoms with Gasteiger partial charge in [-0.15, -0.1) is 0 Å². The van der Waals surface area contributed by atoms with E-state index in [2.05, 4.69) is 10.0 Å². The van der Waals surface area contributed by atoms with Gasteiger partial charge in [0.1, 0.15) is 5.75 Å². The molecular weight excluding hydrogens is 424 g/mol. The largest absolute Gasteiger partial charge is 0.496 e. The third kappa shape index (κ3) is 5.05. The highest BCUT2D eigenvalue weighted by Crippen LogP contribution is 2.49. The lowest BCUT2D eigenvalue weighted by atomic mass is 9.84. The average Bonchev–Trinajstić information content (AvgIpc) is 3.42. The van der Waals surface area contributed by atoms with Crippen LogP contribution in [0.3, 0.4) is 0 Å². The van der Waals surface area contributed by atoms with Crippen LogP contribution < -0.4 is 14.8 Å². The third-order valence-electron chi connectivity index (χ3n) is 6.76. The molecule has 4 unspecified atom stereocenters.